The van der Waals surface area contributed by atoms with Crippen molar-refractivity contribution in [2.75, 3.05) is 0 Å². The Morgan fingerprint density at radius 1 is 1.50 bits per heavy atom. The van der Waals surface area contributed by atoms with E-state index in [2.05, 4.69) is 10.3 Å². The van der Waals surface area contributed by atoms with Crippen LogP contribution in [0.4, 0.5) is 0 Å². The van der Waals surface area contributed by atoms with Gasteiger partial charge >= 0.3 is 0 Å². The molecule has 16 heavy (non-hydrogen) atoms. The highest BCUT2D eigenvalue weighted by Gasteiger charge is 2.16. The number of nitrogens with two attached hydrogens (primary N) is 1. The molecule has 1 atom stereocenters. The number of carbonyl (C=O) groups excluding carboxylic acids is 1. The molecule has 1 aromatic rings. The molecule has 1 heterocycles. The fraction of sp³-hybridized carbons (Fsp3) is 0.500. The molecule has 0 bridgehead atoms. The molecule has 3 N–H and O–H groups in total. The van der Waals surface area contributed by atoms with Gasteiger partial charge in [-0.05, 0) is 24.5 Å². The first-order valence-electron chi connectivity index (χ1n) is 5.45. The fourth-order valence-corrected chi connectivity index (χ4v) is 1.21. The maximum atomic E-state index is 11.6. The van der Waals surface area contributed by atoms with E-state index in [-0.39, 0.29) is 11.8 Å². The molecule has 1 aromatic heterocycles. The highest BCUT2D eigenvalue weighted by molar-refractivity contribution is 5.81. The maximum Gasteiger partial charge on any atom is 0.237 e. The number of amides is 1. The van der Waals surface area contributed by atoms with E-state index >= 15 is 0 Å². The molecular formula is C12H19N3O. The summed E-state index contributed by atoms with van der Waals surface area (Å²) in [5.74, 6) is 0.0340. The van der Waals surface area contributed by atoms with Gasteiger partial charge in [0.05, 0.1) is 6.04 Å². The molecule has 0 fully saturated rings. The monoisotopic (exact) mass is 221 g/mol. The lowest BCUT2D eigenvalue weighted by molar-refractivity contribution is -0.123. The van der Waals surface area contributed by atoms with E-state index < -0.39 is 6.04 Å². The van der Waals surface area contributed by atoms with E-state index in [4.69, 9.17) is 5.73 Å². The summed E-state index contributed by atoms with van der Waals surface area (Å²) in [5, 5.41) is 2.80. The van der Waals surface area contributed by atoms with Crippen molar-refractivity contribution >= 4 is 5.91 Å². The Labute approximate surface area is 96.3 Å². The van der Waals surface area contributed by atoms with Crippen LogP contribution in [0.15, 0.2) is 18.3 Å². The van der Waals surface area contributed by atoms with Crippen molar-refractivity contribution in [1.82, 2.24) is 10.3 Å². The SMILES string of the molecule is Cc1ccc(CNC(=O)[C@H](N)C(C)C)cn1. The fourth-order valence-electron chi connectivity index (χ4n) is 1.21. The highest BCUT2D eigenvalue weighted by Crippen LogP contribution is 2.01. The lowest BCUT2D eigenvalue weighted by Gasteiger charge is -2.15. The smallest absolute Gasteiger partial charge is 0.237 e. The molecule has 0 aliphatic rings. The third kappa shape index (κ3) is 3.62. The zero-order valence-corrected chi connectivity index (χ0v) is 10.0. The minimum atomic E-state index is -0.446. The molecule has 88 valence electrons. The van der Waals surface area contributed by atoms with Gasteiger partial charge in [0.2, 0.25) is 5.91 Å². The molecule has 0 unspecified atom stereocenters. The minimum absolute atomic E-state index is 0.115. The van der Waals surface area contributed by atoms with E-state index in [1.165, 1.54) is 0 Å². The van der Waals surface area contributed by atoms with Crippen LogP contribution >= 0.6 is 0 Å². The predicted molar refractivity (Wildman–Crippen MR) is 63.6 cm³/mol. The van der Waals surface area contributed by atoms with Gasteiger partial charge in [-0.1, -0.05) is 19.9 Å². The average molecular weight is 221 g/mol. The van der Waals surface area contributed by atoms with Crippen LogP contribution in [-0.2, 0) is 11.3 Å². The van der Waals surface area contributed by atoms with Gasteiger partial charge in [0.25, 0.3) is 0 Å². The van der Waals surface area contributed by atoms with Gasteiger partial charge < -0.3 is 11.1 Å². The van der Waals surface area contributed by atoms with Crippen molar-refractivity contribution in [3.05, 3.63) is 29.6 Å². The maximum absolute atomic E-state index is 11.6. The number of nitrogens with zero attached hydrogens (tertiary/aromatic N) is 1. The van der Waals surface area contributed by atoms with Crippen LogP contribution in [0, 0.1) is 12.8 Å². The zero-order chi connectivity index (χ0) is 12.1. The molecule has 1 rings (SSSR count). The van der Waals surface area contributed by atoms with Crippen LogP contribution in [-0.4, -0.2) is 16.9 Å². The summed E-state index contributed by atoms with van der Waals surface area (Å²) >= 11 is 0. The predicted octanol–water partition coefficient (Wildman–Crippen LogP) is 0.990. The summed E-state index contributed by atoms with van der Waals surface area (Å²) in [6.07, 6.45) is 1.76. The van der Waals surface area contributed by atoms with Crippen molar-refractivity contribution in [3.63, 3.8) is 0 Å². The van der Waals surface area contributed by atoms with Crippen LogP contribution < -0.4 is 11.1 Å². The topological polar surface area (TPSA) is 68.0 Å². The van der Waals surface area contributed by atoms with Gasteiger partial charge in [-0.2, -0.15) is 0 Å². The van der Waals surface area contributed by atoms with Gasteiger partial charge in [0, 0.05) is 18.4 Å². The molecule has 0 spiro atoms. The summed E-state index contributed by atoms with van der Waals surface area (Å²) in [4.78, 5) is 15.7. The Hall–Kier alpha value is -1.42. The zero-order valence-electron chi connectivity index (χ0n) is 10.0. The summed E-state index contributed by atoms with van der Waals surface area (Å²) in [5.41, 5.74) is 7.67. The van der Waals surface area contributed by atoms with Crippen LogP contribution in [0.1, 0.15) is 25.1 Å². The Kier molecular flexibility index (Phi) is 4.43. The molecule has 0 aliphatic carbocycles. The second-order valence-corrected chi connectivity index (χ2v) is 4.30. The van der Waals surface area contributed by atoms with Crippen molar-refractivity contribution < 1.29 is 4.79 Å². The minimum Gasteiger partial charge on any atom is -0.351 e. The summed E-state index contributed by atoms with van der Waals surface area (Å²) < 4.78 is 0. The van der Waals surface area contributed by atoms with E-state index in [0.717, 1.165) is 11.3 Å². The normalized spacial score (nSPS) is 12.6. The van der Waals surface area contributed by atoms with Crippen LogP contribution in [0.3, 0.4) is 0 Å². The van der Waals surface area contributed by atoms with Gasteiger partial charge in [0.15, 0.2) is 0 Å². The number of nitrogens with one attached hydrogen (secondary N) is 1. The Morgan fingerprint density at radius 2 is 2.19 bits per heavy atom. The molecule has 0 aliphatic heterocycles. The van der Waals surface area contributed by atoms with Crippen LogP contribution in [0.5, 0.6) is 0 Å². The second-order valence-electron chi connectivity index (χ2n) is 4.30. The summed E-state index contributed by atoms with van der Waals surface area (Å²) in [6.45, 7) is 6.26. The van der Waals surface area contributed by atoms with E-state index in [9.17, 15) is 4.79 Å². The molecular weight excluding hydrogens is 202 g/mol. The summed E-state index contributed by atoms with van der Waals surface area (Å²) in [6, 6.07) is 3.42. The first-order valence-corrected chi connectivity index (χ1v) is 5.45. The molecule has 4 heteroatoms. The Balaban J connectivity index is 2.46. The molecule has 0 saturated heterocycles. The largest absolute Gasteiger partial charge is 0.351 e. The third-order valence-electron chi connectivity index (χ3n) is 2.46. The third-order valence-corrected chi connectivity index (χ3v) is 2.46. The quantitative estimate of drug-likeness (QED) is 0.796. The number of aromatic nitrogens is 1. The van der Waals surface area contributed by atoms with Gasteiger partial charge in [0.1, 0.15) is 0 Å². The van der Waals surface area contributed by atoms with Crippen LogP contribution in [0.25, 0.3) is 0 Å². The van der Waals surface area contributed by atoms with Crippen molar-refractivity contribution in [1.29, 1.82) is 0 Å². The molecule has 0 radical (unpaired) electrons. The van der Waals surface area contributed by atoms with Gasteiger partial charge in [-0.3, -0.25) is 9.78 Å². The lowest BCUT2D eigenvalue weighted by Crippen LogP contribution is -2.43. The Bertz CT molecular complexity index is 346. The standard InChI is InChI=1S/C12H19N3O/c1-8(2)11(13)12(16)15-7-10-5-4-9(3)14-6-10/h4-6,8,11H,7,13H2,1-3H3,(H,15,16)/t11-/m1/s1. The molecule has 4 nitrogen and oxygen atoms in total. The first kappa shape index (κ1) is 12.6. The number of carbonyl (C=O) groups is 1. The molecule has 1 amide bonds. The average Bonchev–Trinajstić information content (AvgIpc) is 2.26. The number of hydrogen-bond donors (Lipinski definition) is 2. The lowest BCUT2D eigenvalue weighted by atomic mass is 10.1. The number of rotatable bonds is 4. The molecule has 0 saturated carbocycles. The van der Waals surface area contributed by atoms with E-state index in [1.807, 2.05) is 32.9 Å². The van der Waals surface area contributed by atoms with Gasteiger partial charge in [-0.25, -0.2) is 0 Å². The summed E-state index contributed by atoms with van der Waals surface area (Å²) in [7, 11) is 0. The number of hydrogen-bond acceptors (Lipinski definition) is 3. The van der Waals surface area contributed by atoms with E-state index in [0.29, 0.717) is 6.54 Å². The van der Waals surface area contributed by atoms with E-state index in [1.54, 1.807) is 6.20 Å². The number of aryl methyl sites for hydroxylation is 1. The van der Waals surface area contributed by atoms with Gasteiger partial charge in [-0.15, -0.1) is 0 Å². The highest BCUT2D eigenvalue weighted by atomic mass is 16.2. The van der Waals surface area contributed by atoms with Crippen molar-refractivity contribution in [2.45, 2.75) is 33.4 Å². The Morgan fingerprint density at radius 3 is 2.69 bits per heavy atom. The number of pyridine rings is 1. The second kappa shape index (κ2) is 5.61. The van der Waals surface area contributed by atoms with Crippen molar-refractivity contribution in [3.8, 4) is 0 Å². The first-order chi connectivity index (χ1) is 7.50. The molecule has 0 aromatic carbocycles. The van der Waals surface area contributed by atoms with Crippen molar-refractivity contribution in [2.24, 2.45) is 11.7 Å². The van der Waals surface area contributed by atoms with Crippen LogP contribution in [0.2, 0.25) is 0 Å².